The normalized spacial score (nSPS) is 10.7. The molecule has 1 rings (SSSR count). The minimum atomic E-state index is -2.99. The molecule has 2 nitrogen and oxygen atoms in total. The van der Waals surface area contributed by atoms with E-state index in [0.29, 0.717) is 4.21 Å². The molecule has 0 saturated carbocycles. The zero-order valence-electron chi connectivity index (χ0n) is 6.29. The predicted molar refractivity (Wildman–Crippen MR) is 41.0 cm³/mol. The Balaban J connectivity index is 0.000001000. The van der Waals surface area contributed by atoms with Crippen LogP contribution < -0.4 is 0 Å². The molecule has 1 aromatic heterocycles. The quantitative estimate of drug-likeness (QED) is 0.715. The maximum atomic E-state index is 10.8. The Morgan fingerprint density at radius 2 is 2.09 bits per heavy atom. The van der Waals surface area contributed by atoms with Crippen LogP contribution in [0.15, 0.2) is 10.3 Å². The minimum Gasteiger partial charge on any atom is -0.251 e. The van der Waals surface area contributed by atoms with Crippen LogP contribution in [0.4, 0.5) is 0 Å². The van der Waals surface area contributed by atoms with Crippen molar-refractivity contribution >= 4 is 21.2 Å². The van der Waals surface area contributed by atoms with Crippen molar-refractivity contribution in [2.75, 3.05) is 6.26 Å². The molecule has 0 saturated heterocycles. The average molecular weight is 264 g/mol. The van der Waals surface area contributed by atoms with Crippen LogP contribution in [0, 0.1) is 13.0 Å². The summed E-state index contributed by atoms with van der Waals surface area (Å²) in [5, 5.41) is 0. The number of sulfone groups is 1. The third-order valence-electron chi connectivity index (χ3n) is 1.01. The molecule has 11 heavy (non-hydrogen) atoms. The fourth-order valence-electron chi connectivity index (χ4n) is 0.553. The molecule has 0 aliphatic carbocycles. The van der Waals surface area contributed by atoms with Crippen molar-refractivity contribution in [3.8, 4) is 0 Å². The topological polar surface area (TPSA) is 34.1 Å². The Hall–Kier alpha value is 0.754. The monoisotopic (exact) mass is 264 g/mol. The molecular weight excluding hydrogens is 257 g/mol. The van der Waals surface area contributed by atoms with Gasteiger partial charge in [-0.25, -0.2) is 20.6 Å². The molecular formula is C6H7O2S2Y-. The number of hydrogen-bond acceptors (Lipinski definition) is 3. The molecule has 1 heterocycles. The number of rotatable bonds is 1. The molecule has 0 aliphatic rings. The van der Waals surface area contributed by atoms with Crippen LogP contribution in [-0.2, 0) is 42.5 Å². The summed E-state index contributed by atoms with van der Waals surface area (Å²) in [7, 11) is -2.99. The molecule has 0 amide bonds. The fraction of sp³-hybridized carbons (Fsp3) is 0.333. The van der Waals surface area contributed by atoms with Crippen molar-refractivity contribution in [1.82, 2.24) is 0 Å². The van der Waals surface area contributed by atoms with Gasteiger partial charge < -0.3 is 0 Å². The van der Waals surface area contributed by atoms with E-state index in [1.165, 1.54) is 23.7 Å². The molecule has 0 aliphatic heterocycles. The standard InChI is InChI=1S/C6H7O2S2.Y/c1-5-3-4-6(9-5)10(2,7)8;/h4H,1-2H3;/q-1;. The first-order chi connectivity index (χ1) is 4.50. The van der Waals surface area contributed by atoms with Crippen LogP contribution in [0.25, 0.3) is 0 Å². The van der Waals surface area contributed by atoms with Crippen molar-refractivity contribution in [3.63, 3.8) is 0 Å². The van der Waals surface area contributed by atoms with Crippen molar-refractivity contribution in [3.05, 3.63) is 17.0 Å². The molecule has 1 radical (unpaired) electrons. The third kappa shape index (κ3) is 3.32. The summed E-state index contributed by atoms with van der Waals surface area (Å²) >= 11 is 1.25. The van der Waals surface area contributed by atoms with Gasteiger partial charge in [-0.15, -0.1) is 4.88 Å². The van der Waals surface area contributed by atoms with Gasteiger partial charge in [0, 0.05) is 39.0 Å². The van der Waals surface area contributed by atoms with Gasteiger partial charge in [0.25, 0.3) is 0 Å². The molecule has 1 aromatic rings. The Kier molecular flexibility index (Phi) is 4.40. The van der Waals surface area contributed by atoms with E-state index in [1.807, 2.05) is 6.92 Å². The van der Waals surface area contributed by atoms with Crippen LogP contribution in [-0.4, -0.2) is 14.7 Å². The van der Waals surface area contributed by atoms with Crippen LogP contribution in [0.2, 0.25) is 0 Å². The molecule has 0 unspecified atom stereocenters. The Morgan fingerprint density at radius 1 is 1.55 bits per heavy atom. The van der Waals surface area contributed by atoms with E-state index in [2.05, 4.69) is 6.07 Å². The molecule has 0 atom stereocenters. The SMILES string of the molecule is Cc1[c-]cc(S(C)(=O)=O)s1.[Y]. The molecule has 59 valence electrons. The van der Waals surface area contributed by atoms with Crippen molar-refractivity contribution in [2.24, 2.45) is 0 Å². The molecule has 5 heteroatoms. The van der Waals surface area contributed by atoms with Gasteiger partial charge in [0.1, 0.15) is 9.84 Å². The van der Waals surface area contributed by atoms with Gasteiger partial charge >= 0.3 is 0 Å². The van der Waals surface area contributed by atoms with E-state index in [9.17, 15) is 8.42 Å². The Labute approximate surface area is 95.8 Å². The predicted octanol–water partition coefficient (Wildman–Crippen LogP) is 1.26. The summed E-state index contributed by atoms with van der Waals surface area (Å²) in [5.41, 5.74) is 0. The van der Waals surface area contributed by atoms with Gasteiger partial charge in [-0.2, -0.15) is 0 Å². The van der Waals surface area contributed by atoms with Gasteiger partial charge in [0.05, 0.1) is 0 Å². The van der Waals surface area contributed by atoms with Gasteiger partial charge in [-0.05, 0) is 11.1 Å². The second-order valence-corrected chi connectivity index (χ2v) is 5.54. The Bertz CT molecular complexity index is 326. The van der Waals surface area contributed by atoms with Crippen molar-refractivity contribution in [1.29, 1.82) is 0 Å². The van der Waals surface area contributed by atoms with Crippen LogP contribution >= 0.6 is 11.3 Å². The first-order valence-corrected chi connectivity index (χ1v) is 5.39. The second kappa shape index (κ2) is 4.12. The third-order valence-corrected chi connectivity index (χ3v) is 3.76. The van der Waals surface area contributed by atoms with Gasteiger partial charge in [-0.3, -0.25) is 11.3 Å². The second-order valence-electron chi connectivity index (χ2n) is 2.04. The van der Waals surface area contributed by atoms with E-state index in [-0.39, 0.29) is 32.7 Å². The summed E-state index contributed by atoms with van der Waals surface area (Å²) in [6.07, 6.45) is 1.20. The smallest absolute Gasteiger partial charge is 0.117 e. The summed E-state index contributed by atoms with van der Waals surface area (Å²) in [4.78, 5) is 0.903. The maximum absolute atomic E-state index is 10.8. The Morgan fingerprint density at radius 3 is 2.27 bits per heavy atom. The average Bonchev–Trinajstić information content (AvgIpc) is 2.11. The summed E-state index contributed by atoms with van der Waals surface area (Å²) in [6.45, 7) is 1.83. The summed E-state index contributed by atoms with van der Waals surface area (Å²) in [6, 6.07) is 4.32. The maximum Gasteiger partial charge on any atom is 0.117 e. The van der Waals surface area contributed by atoms with E-state index in [4.69, 9.17) is 0 Å². The molecule has 0 spiro atoms. The van der Waals surface area contributed by atoms with Crippen LogP contribution in [0.1, 0.15) is 4.88 Å². The molecule has 0 N–H and O–H groups in total. The molecule has 0 aromatic carbocycles. The fourth-order valence-corrected chi connectivity index (χ4v) is 2.34. The number of aryl methyl sites for hydroxylation is 1. The minimum absolute atomic E-state index is 0. The molecule has 0 fully saturated rings. The first kappa shape index (κ1) is 11.8. The van der Waals surface area contributed by atoms with Crippen molar-refractivity contribution < 1.29 is 41.1 Å². The van der Waals surface area contributed by atoms with Crippen molar-refractivity contribution in [2.45, 2.75) is 11.1 Å². The summed E-state index contributed by atoms with van der Waals surface area (Å²) < 4.78 is 22.1. The summed E-state index contributed by atoms with van der Waals surface area (Å²) in [5.74, 6) is 0. The van der Waals surface area contributed by atoms with Gasteiger partial charge in [0.15, 0.2) is 0 Å². The van der Waals surface area contributed by atoms with E-state index >= 15 is 0 Å². The van der Waals surface area contributed by atoms with E-state index in [0.717, 1.165) is 4.88 Å². The van der Waals surface area contributed by atoms with Gasteiger partial charge in [0.2, 0.25) is 0 Å². The van der Waals surface area contributed by atoms with Crippen LogP contribution in [0.5, 0.6) is 0 Å². The van der Waals surface area contributed by atoms with E-state index in [1.54, 1.807) is 0 Å². The zero-order valence-corrected chi connectivity index (χ0v) is 10.8. The van der Waals surface area contributed by atoms with E-state index < -0.39 is 9.84 Å². The largest absolute Gasteiger partial charge is 0.251 e. The number of hydrogen-bond donors (Lipinski definition) is 0. The van der Waals surface area contributed by atoms with Gasteiger partial charge in [-0.1, -0.05) is 0 Å². The first-order valence-electron chi connectivity index (χ1n) is 2.68. The number of thiophene rings is 1. The zero-order chi connectivity index (χ0) is 7.78. The molecule has 0 bridgehead atoms. The van der Waals surface area contributed by atoms with Crippen LogP contribution in [0.3, 0.4) is 0 Å².